The zero-order valence-corrected chi connectivity index (χ0v) is 11.8. The Morgan fingerprint density at radius 1 is 1.21 bits per heavy atom. The highest BCUT2D eigenvalue weighted by molar-refractivity contribution is 5.74. The number of hydrogen-bond donors (Lipinski definition) is 1. The summed E-state index contributed by atoms with van der Waals surface area (Å²) in [6.07, 6.45) is 7.04. The molecule has 19 heavy (non-hydrogen) atoms. The van der Waals surface area contributed by atoms with Gasteiger partial charge in [0.1, 0.15) is 0 Å². The molecule has 2 rings (SSSR count). The molecule has 0 bridgehead atoms. The van der Waals surface area contributed by atoms with Gasteiger partial charge in [0.2, 0.25) is 0 Å². The molecule has 1 aromatic carbocycles. The van der Waals surface area contributed by atoms with Crippen molar-refractivity contribution >= 4 is 6.03 Å². The van der Waals surface area contributed by atoms with Crippen LogP contribution < -0.4 is 5.32 Å². The summed E-state index contributed by atoms with van der Waals surface area (Å²) in [5.74, 6) is 0. The fourth-order valence-corrected chi connectivity index (χ4v) is 2.72. The molecule has 3 nitrogen and oxygen atoms in total. The maximum absolute atomic E-state index is 12.0. The van der Waals surface area contributed by atoms with Crippen LogP contribution in [0.1, 0.15) is 37.7 Å². The lowest BCUT2D eigenvalue weighted by Crippen LogP contribution is -2.44. The minimum absolute atomic E-state index is 0.0721. The Hall–Kier alpha value is -1.51. The first kappa shape index (κ1) is 13.9. The second-order valence-electron chi connectivity index (χ2n) is 5.37. The van der Waals surface area contributed by atoms with Crippen LogP contribution >= 0.6 is 0 Å². The van der Waals surface area contributed by atoms with E-state index in [1.165, 1.54) is 24.8 Å². The third-order valence-corrected chi connectivity index (χ3v) is 3.98. The van der Waals surface area contributed by atoms with Crippen molar-refractivity contribution in [2.24, 2.45) is 0 Å². The van der Waals surface area contributed by atoms with Gasteiger partial charge in [-0.05, 0) is 24.8 Å². The first-order valence-electron chi connectivity index (χ1n) is 7.32. The van der Waals surface area contributed by atoms with Gasteiger partial charge in [0.05, 0.1) is 0 Å². The van der Waals surface area contributed by atoms with Gasteiger partial charge in [0, 0.05) is 19.6 Å². The Kier molecular flexibility index (Phi) is 5.25. The highest BCUT2D eigenvalue weighted by atomic mass is 16.2. The van der Waals surface area contributed by atoms with Crippen molar-refractivity contribution in [2.75, 3.05) is 13.6 Å². The van der Waals surface area contributed by atoms with E-state index in [0.29, 0.717) is 12.6 Å². The molecular formula is C16H24N2O. The lowest BCUT2D eigenvalue weighted by Gasteiger charge is -2.31. The van der Waals surface area contributed by atoms with Gasteiger partial charge < -0.3 is 10.2 Å². The van der Waals surface area contributed by atoms with Gasteiger partial charge in [-0.1, -0.05) is 49.6 Å². The van der Waals surface area contributed by atoms with Crippen LogP contribution in [0, 0.1) is 0 Å². The molecule has 0 unspecified atom stereocenters. The predicted molar refractivity (Wildman–Crippen MR) is 78.2 cm³/mol. The molecule has 2 amide bonds. The molecule has 1 N–H and O–H groups in total. The van der Waals surface area contributed by atoms with Crippen LogP contribution in [0.3, 0.4) is 0 Å². The first-order valence-corrected chi connectivity index (χ1v) is 7.32. The van der Waals surface area contributed by atoms with E-state index in [1.54, 1.807) is 0 Å². The van der Waals surface area contributed by atoms with Gasteiger partial charge in [-0.25, -0.2) is 4.79 Å². The molecule has 1 saturated carbocycles. The number of carbonyl (C=O) groups excluding carboxylic acids is 1. The number of amides is 2. The highest BCUT2D eigenvalue weighted by Crippen LogP contribution is 2.21. The minimum atomic E-state index is 0.0721. The van der Waals surface area contributed by atoms with Crippen LogP contribution in [0.25, 0.3) is 0 Å². The van der Waals surface area contributed by atoms with Gasteiger partial charge in [-0.3, -0.25) is 0 Å². The highest BCUT2D eigenvalue weighted by Gasteiger charge is 2.21. The third-order valence-electron chi connectivity index (χ3n) is 3.98. The fraction of sp³-hybridized carbons (Fsp3) is 0.562. The Labute approximate surface area is 116 Å². The molecular weight excluding hydrogens is 236 g/mol. The van der Waals surface area contributed by atoms with E-state index in [4.69, 9.17) is 0 Å². The lowest BCUT2D eigenvalue weighted by atomic mass is 9.95. The van der Waals surface area contributed by atoms with Crippen molar-refractivity contribution in [3.05, 3.63) is 35.9 Å². The smallest absolute Gasteiger partial charge is 0.317 e. The van der Waals surface area contributed by atoms with Crippen LogP contribution in [-0.2, 0) is 6.42 Å². The Morgan fingerprint density at radius 3 is 2.58 bits per heavy atom. The zero-order valence-electron chi connectivity index (χ0n) is 11.8. The first-order chi connectivity index (χ1) is 9.27. The Morgan fingerprint density at radius 2 is 1.89 bits per heavy atom. The predicted octanol–water partition coefficient (Wildman–Crippen LogP) is 3.20. The summed E-state index contributed by atoms with van der Waals surface area (Å²) in [5.41, 5.74) is 1.27. The van der Waals surface area contributed by atoms with E-state index in [-0.39, 0.29) is 6.03 Å². The minimum Gasteiger partial charge on any atom is -0.338 e. The van der Waals surface area contributed by atoms with Gasteiger partial charge >= 0.3 is 6.03 Å². The van der Waals surface area contributed by atoms with E-state index in [1.807, 2.05) is 30.1 Å². The summed E-state index contributed by atoms with van der Waals surface area (Å²) in [7, 11) is 1.92. The Bertz CT molecular complexity index is 385. The molecule has 1 aliphatic rings. The molecule has 0 spiro atoms. The number of urea groups is 1. The molecule has 0 radical (unpaired) electrons. The quantitative estimate of drug-likeness (QED) is 0.886. The van der Waals surface area contributed by atoms with Gasteiger partial charge in [-0.15, -0.1) is 0 Å². The maximum Gasteiger partial charge on any atom is 0.317 e. The van der Waals surface area contributed by atoms with E-state index in [2.05, 4.69) is 17.4 Å². The largest absolute Gasteiger partial charge is 0.338 e. The zero-order chi connectivity index (χ0) is 13.5. The van der Waals surface area contributed by atoms with Crippen molar-refractivity contribution in [2.45, 2.75) is 44.6 Å². The molecule has 0 atom stereocenters. The van der Waals surface area contributed by atoms with Crippen LogP contribution in [0.15, 0.2) is 30.3 Å². The molecule has 1 aromatic rings. The van der Waals surface area contributed by atoms with Crippen LogP contribution in [0.5, 0.6) is 0 Å². The molecule has 104 valence electrons. The van der Waals surface area contributed by atoms with Gasteiger partial charge in [0.25, 0.3) is 0 Å². The normalized spacial score (nSPS) is 16.1. The summed E-state index contributed by atoms with van der Waals surface area (Å²) in [4.78, 5) is 13.9. The molecule has 0 aromatic heterocycles. The average Bonchev–Trinajstić information content (AvgIpc) is 2.48. The summed E-state index contributed by atoms with van der Waals surface area (Å²) < 4.78 is 0. The SMILES string of the molecule is CN(C(=O)NCCc1ccccc1)C1CCCCC1. The van der Waals surface area contributed by atoms with Crippen LogP contribution in [-0.4, -0.2) is 30.6 Å². The van der Waals surface area contributed by atoms with E-state index in [9.17, 15) is 4.79 Å². The molecule has 0 heterocycles. The number of benzene rings is 1. The molecule has 0 aliphatic heterocycles. The topological polar surface area (TPSA) is 32.3 Å². The molecule has 1 fully saturated rings. The number of rotatable bonds is 4. The molecule has 0 saturated heterocycles. The number of nitrogens with one attached hydrogen (secondary N) is 1. The van der Waals surface area contributed by atoms with E-state index < -0.39 is 0 Å². The summed E-state index contributed by atoms with van der Waals surface area (Å²) in [6, 6.07) is 10.8. The Balaban J connectivity index is 1.71. The van der Waals surface area contributed by atoms with Crippen LogP contribution in [0.2, 0.25) is 0 Å². The molecule has 3 heteroatoms. The van der Waals surface area contributed by atoms with Crippen molar-refractivity contribution in [1.82, 2.24) is 10.2 Å². The maximum atomic E-state index is 12.0. The van der Waals surface area contributed by atoms with E-state index >= 15 is 0 Å². The lowest BCUT2D eigenvalue weighted by molar-refractivity contribution is 0.174. The number of carbonyl (C=O) groups is 1. The van der Waals surface area contributed by atoms with Gasteiger partial charge in [0.15, 0.2) is 0 Å². The monoisotopic (exact) mass is 260 g/mol. The van der Waals surface area contributed by atoms with Crippen molar-refractivity contribution in [3.8, 4) is 0 Å². The number of nitrogens with zero attached hydrogens (tertiary/aromatic N) is 1. The summed E-state index contributed by atoms with van der Waals surface area (Å²) in [5, 5.41) is 3.02. The van der Waals surface area contributed by atoms with Crippen LogP contribution in [0.4, 0.5) is 4.79 Å². The van der Waals surface area contributed by atoms with Gasteiger partial charge in [-0.2, -0.15) is 0 Å². The van der Waals surface area contributed by atoms with Crippen molar-refractivity contribution in [3.63, 3.8) is 0 Å². The summed E-state index contributed by atoms with van der Waals surface area (Å²) in [6.45, 7) is 0.708. The second kappa shape index (κ2) is 7.17. The second-order valence-corrected chi connectivity index (χ2v) is 5.37. The fourth-order valence-electron chi connectivity index (χ4n) is 2.72. The number of hydrogen-bond acceptors (Lipinski definition) is 1. The van der Waals surface area contributed by atoms with E-state index in [0.717, 1.165) is 19.3 Å². The third kappa shape index (κ3) is 4.27. The summed E-state index contributed by atoms with van der Waals surface area (Å²) >= 11 is 0. The average molecular weight is 260 g/mol. The standard InChI is InChI=1S/C16H24N2O/c1-18(15-10-6-3-7-11-15)16(19)17-13-12-14-8-4-2-5-9-14/h2,4-5,8-9,15H,3,6-7,10-13H2,1H3,(H,17,19). The van der Waals surface area contributed by atoms with Crippen molar-refractivity contribution in [1.29, 1.82) is 0 Å². The molecule has 1 aliphatic carbocycles. The van der Waals surface area contributed by atoms with Crippen molar-refractivity contribution < 1.29 is 4.79 Å².